The molecule has 1 atom stereocenters. The molecule has 1 rings (SSSR count). The van der Waals surface area contributed by atoms with Crippen LogP contribution in [0.3, 0.4) is 0 Å². The third-order valence-corrected chi connectivity index (χ3v) is 2.40. The quantitative estimate of drug-likeness (QED) is 0.682. The number of amides is 1. The van der Waals surface area contributed by atoms with Gasteiger partial charge in [-0.2, -0.15) is 0 Å². The largest absolute Gasteiger partial charge is 0.480 e. The summed E-state index contributed by atoms with van der Waals surface area (Å²) in [5.41, 5.74) is 0.790. The summed E-state index contributed by atoms with van der Waals surface area (Å²) in [7, 11) is 0. The molecule has 0 unspecified atom stereocenters. The van der Waals surface area contributed by atoms with Gasteiger partial charge in [-0.15, -0.1) is 0 Å². The van der Waals surface area contributed by atoms with E-state index in [4.69, 9.17) is 21.8 Å². The van der Waals surface area contributed by atoms with E-state index in [9.17, 15) is 9.59 Å². The van der Waals surface area contributed by atoms with Crippen LogP contribution in [0.25, 0.3) is 0 Å². The number of rotatable bonds is 5. The van der Waals surface area contributed by atoms with Gasteiger partial charge in [0.15, 0.2) is 0 Å². The minimum atomic E-state index is -1.20. The molecule has 0 aliphatic rings. The van der Waals surface area contributed by atoms with Crippen LogP contribution >= 0.6 is 11.6 Å². The van der Waals surface area contributed by atoms with Crippen LogP contribution in [0.5, 0.6) is 0 Å². The third-order valence-electron chi connectivity index (χ3n) is 2.21. The molecule has 0 bridgehead atoms. The molecule has 3 N–H and O–H groups in total. The number of aryl methyl sites for hydroxylation is 1. The van der Waals surface area contributed by atoms with E-state index >= 15 is 0 Å². The summed E-state index contributed by atoms with van der Waals surface area (Å²) in [5, 5.41) is 20.0. The average Bonchev–Trinajstić information content (AvgIpc) is 2.26. The number of aliphatic hydroxyl groups is 1. The molecule has 0 saturated carbocycles. The van der Waals surface area contributed by atoms with Crippen LogP contribution in [0.1, 0.15) is 22.5 Å². The molecule has 0 aliphatic carbocycles. The van der Waals surface area contributed by atoms with Gasteiger partial charge in [-0.05, 0) is 19.1 Å². The molecule has 18 heavy (non-hydrogen) atoms. The zero-order valence-corrected chi connectivity index (χ0v) is 10.4. The van der Waals surface area contributed by atoms with Gasteiger partial charge in [0.1, 0.15) is 11.2 Å². The summed E-state index contributed by atoms with van der Waals surface area (Å²) in [4.78, 5) is 26.5. The van der Waals surface area contributed by atoms with E-state index in [1.54, 1.807) is 6.92 Å². The highest BCUT2D eigenvalue weighted by molar-refractivity contribution is 6.29. The SMILES string of the molecule is Cc1cc(C(=O)N[C@@H](CCO)C(=O)O)cc(Cl)n1. The molecule has 0 radical (unpaired) electrons. The lowest BCUT2D eigenvalue weighted by Gasteiger charge is -2.13. The zero-order chi connectivity index (χ0) is 13.7. The maximum atomic E-state index is 11.8. The summed E-state index contributed by atoms with van der Waals surface area (Å²) in [6.07, 6.45) is -0.0567. The number of aromatic nitrogens is 1. The van der Waals surface area contributed by atoms with Crippen molar-refractivity contribution in [3.05, 3.63) is 28.5 Å². The number of carbonyl (C=O) groups is 2. The van der Waals surface area contributed by atoms with Crippen molar-refractivity contribution in [2.24, 2.45) is 0 Å². The maximum absolute atomic E-state index is 11.8. The molecule has 0 saturated heterocycles. The molecular weight excluding hydrogens is 260 g/mol. The Labute approximate surface area is 109 Å². The summed E-state index contributed by atoms with van der Waals surface area (Å²) >= 11 is 5.71. The third kappa shape index (κ3) is 3.97. The molecule has 0 fully saturated rings. The molecule has 0 spiro atoms. The summed E-state index contributed by atoms with van der Waals surface area (Å²) in [5.74, 6) is -1.77. The van der Waals surface area contributed by atoms with Crippen LogP contribution in [-0.2, 0) is 4.79 Å². The molecule has 0 aromatic carbocycles. The molecule has 6 nitrogen and oxygen atoms in total. The Morgan fingerprint density at radius 1 is 1.50 bits per heavy atom. The van der Waals surface area contributed by atoms with Gasteiger partial charge in [0.25, 0.3) is 5.91 Å². The number of nitrogens with one attached hydrogen (secondary N) is 1. The highest BCUT2D eigenvalue weighted by atomic mass is 35.5. The topological polar surface area (TPSA) is 99.5 Å². The average molecular weight is 273 g/mol. The zero-order valence-electron chi connectivity index (χ0n) is 9.68. The number of carbonyl (C=O) groups excluding carboxylic acids is 1. The molecule has 7 heteroatoms. The molecule has 1 heterocycles. The Morgan fingerprint density at radius 2 is 2.17 bits per heavy atom. The minimum absolute atomic E-state index is 0.0567. The fourth-order valence-electron chi connectivity index (χ4n) is 1.39. The predicted molar refractivity (Wildman–Crippen MR) is 64.6 cm³/mol. The lowest BCUT2D eigenvalue weighted by molar-refractivity contribution is -0.139. The van der Waals surface area contributed by atoms with Gasteiger partial charge in [0.05, 0.1) is 0 Å². The van der Waals surface area contributed by atoms with Crippen LogP contribution < -0.4 is 5.32 Å². The number of nitrogens with zero attached hydrogens (tertiary/aromatic N) is 1. The van der Waals surface area contributed by atoms with Crippen molar-refractivity contribution >= 4 is 23.5 Å². The van der Waals surface area contributed by atoms with Crippen LogP contribution in [0.15, 0.2) is 12.1 Å². The van der Waals surface area contributed by atoms with Gasteiger partial charge in [0, 0.05) is 24.3 Å². The molecule has 1 aromatic rings. The van der Waals surface area contributed by atoms with Gasteiger partial charge in [-0.1, -0.05) is 11.6 Å². The predicted octanol–water partition coefficient (Wildman–Crippen LogP) is 0.609. The van der Waals surface area contributed by atoms with Gasteiger partial charge < -0.3 is 15.5 Å². The second-order valence-electron chi connectivity index (χ2n) is 3.70. The maximum Gasteiger partial charge on any atom is 0.326 e. The summed E-state index contributed by atoms with van der Waals surface area (Å²) in [6, 6.07) is 1.72. The highest BCUT2D eigenvalue weighted by Crippen LogP contribution is 2.10. The van der Waals surface area contributed by atoms with E-state index in [0.717, 1.165) is 0 Å². The van der Waals surface area contributed by atoms with E-state index in [1.165, 1.54) is 12.1 Å². The van der Waals surface area contributed by atoms with Gasteiger partial charge in [-0.25, -0.2) is 9.78 Å². The van der Waals surface area contributed by atoms with Crippen molar-refractivity contribution in [1.82, 2.24) is 10.3 Å². The number of aliphatic carboxylic acids is 1. The first-order valence-electron chi connectivity index (χ1n) is 5.22. The van der Waals surface area contributed by atoms with Crippen molar-refractivity contribution in [3.63, 3.8) is 0 Å². The van der Waals surface area contributed by atoms with Crippen molar-refractivity contribution in [1.29, 1.82) is 0 Å². The van der Waals surface area contributed by atoms with Gasteiger partial charge in [-0.3, -0.25) is 4.79 Å². The smallest absolute Gasteiger partial charge is 0.326 e. The number of halogens is 1. The Kier molecular flexibility index (Phi) is 5.06. The first-order valence-corrected chi connectivity index (χ1v) is 5.60. The van der Waals surface area contributed by atoms with Crippen LogP contribution in [0.4, 0.5) is 0 Å². The van der Waals surface area contributed by atoms with E-state index in [0.29, 0.717) is 5.69 Å². The Balaban J connectivity index is 2.83. The lowest BCUT2D eigenvalue weighted by atomic mass is 10.1. The minimum Gasteiger partial charge on any atom is -0.480 e. The number of aliphatic hydroxyl groups excluding tert-OH is 1. The summed E-state index contributed by atoms with van der Waals surface area (Å²) in [6.45, 7) is 1.35. The Bertz CT molecular complexity index is 444. The Morgan fingerprint density at radius 3 is 2.67 bits per heavy atom. The number of carboxylic acids is 1. The molecule has 98 valence electrons. The number of carboxylic acid groups (broad SMARTS) is 1. The van der Waals surface area contributed by atoms with Gasteiger partial charge >= 0.3 is 5.97 Å². The number of hydrogen-bond donors (Lipinski definition) is 3. The first-order chi connectivity index (χ1) is 8.43. The molecule has 1 aromatic heterocycles. The van der Waals surface area contributed by atoms with Crippen LogP contribution in [0.2, 0.25) is 5.15 Å². The number of pyridine rings is 1. The number of hydrogen-bond acceptors (Lipinski definition) is 4. The molecular formula is C11H13ClN2O4. The second kappa shape index (κ2) is 6.32. The van der Waals surface area contributed by atoms with Crippen molar-refractivity contribution in [2.45, 2.75) is 19.4 Å². The van der Waals surface area contributed by atoms with Crippen molar-refractivity contribution < 1.29 is 19.8 Å². The van der Waals surface area contributed by atoms with E-state index in [-0.39, 0.29) is 23.7 Å². The fourth-order valence-corrected chi connectivity index (χ4v) is 1.64. The standard InChI is InChI=1S/C11H13ClN2O4/c1-6-4-7(5-9(12)13-6)10(16)14-8(2-3-15)11(17)18/h4-5,8,15H,2-3H2,1H3,(H,14,16)(H,17,18)/t8-/m0/s1. The monoisotopic (exact) mass is 272 g/mol. The van der Waals surface area contributed by atoms with E-state index in [2.05, 4.69) is 10.3 Å². The summed E-state index contributed by atoms with van der Waals surface area (Å²) < 4.78 is 0. The lowest BCUT2D eigenvalue weighted by Crippen LogP contribution is -2.41. The Hall–Kier alpha value is -1.66. The highest BCUT2D eigenvalue weighted by Gasteiger charge is 2.20. The van der Waals surface area contributed by atoms with E-state index < -0.39 is 17.9 Å². The van der Waals surface area contributed by atoms with Crippen molar-refractivity contribution in [3.8, 4) is 0 Å². The molecule has 0 aliphatic heterocycles. The first kappa shape index (κ1) is 14.4. The van der Waals surface area contributed by atoms with Crippen LogP contribution in [-0.4, -0.2) is 39.7 Å². The van der Waals surface area contributed by atoms with E-state index in [1.807, 2.05) is 0 Å². The van der Waals surface area contributed by atoms with Crippen molar-refractivity contribution in [2.75, 3.05) is 6.61 Å². The van der Waals surface area contributed by atoms with Gasteiger partial charge in [0.2, 0.25) is 0 Å². The fraction of sp³-hybridized carbons (Fsp3) is 0.364. The molecule has 1 amide bonds. The normalized spacial score (nSPS) is 11.9. The second-order valence-corrected chi connectivity index (χ2v) is 4.08. The van der Waals surface area contributed by atoms with Crippen LogP contribution in [0, 0.1) is 6.92 Å².